The third-order valence-electron chi connectivity index (χ3n) is 4.21. The molecule has 0 aliphatic carbocycles. The molecule has 5 heteroatoms. The molecule has 1 atom stereocenters. The summed E-state index contributed by atoms with van der Waals surface area (Å²) in [5.41, 5.74) is 3.27. The zero-order valence-electron chi connectivity index (χ0n) is 15.3. The van der Waals surface area contributed by atoms with E-state index in [1.807, 2.05) is 13.8 Å². The summed E-state index contributed by atoms with van der Waals surface area (Å²) >= 11 is 0. The Morgan fingerprint density at radius 3 is 2.20 bits per heavy atom. The van der Waals surface area contributed by atoms with Crippen molar-refractivity contribution in [2.75, 3.05) is 13.9 Å². The molecule has 136 valence electrons. The second-order valence-electron chi connectivity index (χ2n) is 6.52. The fourth-order valence-electron chi connectivity index (χ4n) is 3.04. The van der Waals surface area contributed by atoms with Crippen LogP contribution in [0.1, 0.15) is 53.7 Å². The van der Waals surface area contributed by atoms with Crippen LogP contribution in [-0.2, 0) is 4.74 Å². The molecule has 0 radical (unpaired) electrons. The quantitative estimate of drug-likeness (QED) is 0.763. The molecule has 0 fully saturated rings. The molecule has 0 saturated carbocycles. The lowest BCUT2D eigenvalue weighted by atomic mass is 9.90. The van der Waals surface area contributed by atoms with Gasteiger partial charge in [-0.25, -0.2) is 4.39 Å². The van der Waals surface area contributed by atoms with Crippen molar-refractivity contribution >= 4 is 0 Å². The number of aliphatic hydroxyl groups is 1. The molecule has 1 unspecified atom stereocenters. The summed E-state index contributed by atoms with van der Waals surface area (Å²) in [5, 5.41) is 20.5. The number of benzene rings is 2. The lowest BCUT2D eigenvalue weighted by Gasteiger charge is -2.21. The van der Waals surface area contributed by atoms with Gasteiger partial charge in [0.2, 0.25) is 0 Å². The zero-order valence-corrected chi connectivity index (χ0v) is 15.3. The molecule has 25 heavy (non-hydrogen) atoms. The van der Waals surface area contributed by atoms with E-state index < -0.39 is 11.9 Å². The summed E-state index contributed by atoms with van der Waals surface area (Å²) in [4.78, 5) is 0. The summed E-state index contributed by atoms with van der Waals surface area (Å²) in [7, 11) is 1.47. The molecule has 0 saturated heterocycles. The number of halogens is 1. The minimum Gasteiger partial charge on any atom is -0.508 e. The Labute approximate surface area is 147 Å². The third kappa shape index (κ3) is 4.11. The summed E-state index contributed by atoms with van der Waals surface area (Å²) in [6, 6.07) is 6.21. The molecule has 0 aliphatic rings. The highest BCUT2D eigenvalue weighted by molar-refractivity contribution is 5.48. The van der Waals surface area contributed by atoms with Crippen LogP contribution in [0.25, 0.3) is 0 Å². The fraction of sp³-hybridized carbons (Fsp3) is 0.400. The van der Waals surface area contributed by atoms with Crippen molar-refractivity contribution in [3.63, 3.8) is 0 Å². The van der Waals surface area contributed by atoms with Gasteiger partial charge in [-0.15, -0.1) is 0 Å². The monoisotopic (exact) mass is 348 g/mol. The van der Waals surface area contributed by atoms with Gasteiger partial charge in [0, 0.05) is 12.7 Å². The number of aliphatic hydroxyl groups excluding tert-OH is 1. The van der Waals surface area contributed by atoms with E-state index in [4.69, 9.17) is 9.47 Å². The standard InChI is InChI=1S/C20H25FO4/c1-11(2)16-8-14(9-17(21)20(16)25-10-24-5)19(23)18-12(3)6-15(22)7-13(18)4/h6-9,11,19,22-23H,10H2,1-5H3. The summed E-state index contributed by atoms with van der Waals surface area (Å²) in [6.07, 6.45) is -0.996. The third-order valence-corrected chi connectivity index (χ3v) is 4.21. The van der Waals surface area contributed by atoms with Crippen LogP contribution >= 0.6 is 0 Å². The predicted molar refractivity (Wildman–Crippen MR) is 94.6 cm³/mol. The number of rotatable bonds is 6. The second-order valence-corrected chi connectivity index (χ2v) is 6.52. The molecule has 0 amide bonds. The minimum atomic E-state index is -0.996. The Morgan fingerprint density at radius 2 is 1.68 bits per heavy atom. The van der Waals surface area contributed by atoms with Gasteiger partial charge in [-0.05, 0) is 66.3 Å². The minimum absolute atomic E-state index is 0.00974. The Balaban J connectivity index is 2.53. The van der Waals surface area contributed by atoms with Crippen LogP contribution in [0, 0.1) is 19.7 Å². The van der Waals surface area contributed by atoms with E-state index in [1.54, 1.807) is 32.0 Å². The molecule has 2 rings (SSSR count). The van der Waals surface area contributed by atoms with Crippen LogP contribution in [-0.4, -0.2) is 24.1 Å². The van der Waals surface area contributed by atoms with E-state index in [-0.39, 0.29) is 24.2 Å². The van der Waals surface area contributed by atoms with Crippen LogP contribution in [0.15, 0.2) is 24.3 Å². The molecule has 0 bridgehead atoms. The van der Waals surface area contributed by atoms with Gasteiger partial charge in [0.15, 0.2) is 18.4 Å². The van der Waals surface area contributed by atoms with E-state index in [1.165, 1.54) is 13.2 Å². The number of phenolic OH excluding ortho intramolecular Hbond substituents is 1. The van der Waals surface area contributed by atoms with Crippen molar-refractivity contribution in [1.29, 1.82) is 0 Å². The molecular formula is C20H25FO4. The molecule has 2 N–H and O–H groups in total. The number of aromatic hydroxyl groups is 1. The Morgan fingerprint density at radius 1 is 1.08 bits per heavy atom. The Bertz CT molecular complexity index is 733. The van der Waals surface area contributed by atoms with Gasteiger partial charge in [-0.2, -0.15) is 0 Å². The van der Waals surface area contributed by atoms with Gasteiger partial charge < -0.3 is 19.7 Å². The van der Waals surface area contributed by atoms with Crippen LogP contribution < -0.4 is 4.74 Å². The first-order valence-corrected chi connectivity index (χ1v) is 8.19. The maximum absolute atomic E-state index is 14.6. The largest absolute Gasteiger partial charge is 0.508 e. The first-order valence-electron chi connectivity index (χ1n) is 8.19. The van der Waals surface area contributed by atoms with Gasteiger partial charge >= 0.3 is 0 Å². The smallest absolute Gasteiger partial charge is 0.188 e. The van der Waals surface area contributed by atoms with Crippen LogP contribution in [0.3, 0.4) is 0 Å². The first kappa shape index (κ1) is 19.2. The molecule has 0 aromatic heterocycles. The summed E-state index contributed by atoms with van der Waals surface area (Å²) in [6.45, 7) is 7.43. The van der Waals surface area contributed by atoms with E-state index >= 15 is 0 Å². The van der Waals surface area contributed by atoms with E-state index in [0.717, 1.165) is 11.1 Å². The summed E-state index contributed by atoms with van der Waals surface area (Å²) < 4.78 is 24.8. The normalized spacial score (nSPS) is 12.5. The molecule has 0 aliphatic heterocycles. The van der Waals surface area contributed by atoms with E-state index in [2.05, 4.69) is 0 Å². The van der Waals surface area contributed by atoms with Gasteiger partial charge in [0.05, 0.1) is 0 Å². The highest BCUT2D eigenvalue weighted by Gasteiger charge is 2.22. The average Bonchev–Trinajstić information content (AvgIpc) is 2.51. The number of phenols is 1. The van der Waals surface area contributed by atoms with Gasteiger partial charge in [-0.1, -0.05) is 13.8 Å². The lowest BCUT2D eigenvalue weighted by molar-refractivity contribution is 0.0473. The number of hydrogen-bond acceptors (Lipinski definition) is 4. The fourth-order valence-corrected chi connectivity index (χ4v) is 3.04. The van der Waals surface area contributed by atoms with Crippen LogP contribution in [0.4, 0.5) is 4.39 Å². The highest BCUT2D eigenvalue weighted by atomic mass is 19.1. The van der Waals surface area contributed by atoms with Gasteiger partial charge in [0.25, 0.3) is 0 Å². The number of aryl methyl sites for hydroxylation is 2. The number of hydrogen-bond donors (Lipinski definition) is 2. The molecule has 4 nitrogen and oxygen atoms in total. The van der Waals surface area contributed by atoms with Crippen molar-refractivity contribution in [3.8, 4) is 11.5 Å². The second kappa shape index (κ2) is 7.85. The predicted octanol–water partition coefficient (Wildman–Crippen LogP) is 4.34. The van der Waals surface area contributed by atoms with Crippen molar-refractivity contribution in [2.24, 2.45) is 0 Å². The van der Waals surface area contributed by atoms with Crippen molar-refractivity contribution < 1.29 is 24.1 Å². The molecule has 0 heterocycles. The summed E-state index contributed by atoms with van der Waals surface area (Å²) in [5.74, 6) is -0.239. The van der Waals surface area contributed by atoms with E-state index in [9.17, 15) is 14.6 Å². The number of ether oxygens (including phenoxy) is 2. The van der Waals surface area contributed by atoms with Gasteiger partial charge in [0.1, 0.15) is 11.9 Å². The van der Waals surface area contributed by atoms with E-state index in [0.29, 0.717) is 16.7 Å². The molecule has 0 spiro atoms. The molecule has 2 aromatic rings. The SMILES string of the molecule is COCOc1c(F)cc(C(O)c2c(C)cc(O)cc2C)cc1C(C)C. The van der Waals surface area contributed by atoms with Crippen LogP contribution in [0.5, 0.6) is 11.5 Å². The highest BCUT2D eigenvalue weighted by Crippen LogP contribution is 2.36. The zero-order chi connectivity index (χ0) is 18.7. The Hall–Kier alpha value is -2.11. The van der Waals surface area contributed by atoms with Gasteiger partial charge in [-0.3, -0.25) is 0 Å². The van der Waals surface area contributed by atoms with Crippen molar-refractivity contribution in [3.05, 3.63) is 57.9 Å². The van der Waals surface area contributed by atoms with Crippen LogP contribution in [0.2, 0.25) is 0 Å². The average molecular weight is 348 g/mol. The van der Waals surface area contributed by atoms with Crippen molar-refractivity contribution in [2.45, 2.75) is 39.7 Å². The molecular weight excluding hydrogens is 323 g/mol. The number of methoxy groups -OCH3 is 1. The first-order chi connectivity index (χ1) is 11.8. The molecule has 2 aromatic carbocycles. The lowest BCUT2D eigenvalue weighted by Crippen LogP contribution is -2.09. The van der Waals surface area contributed by atoms with Crippen molar-refractivity contribution in [1.82, 2.24) is 0 Å². The maximum Gasteiger partial charge on any atom is 0.188 e. The maximum atomic E-state index is 14.6. The Kier molecular flexibility index (Phi) is 6.03. The topological polar surface area (TPSA) is 58.9 Å².